The number of halogens is 1. The van der Waals surface area contributed by atoms with Crippen molar-refractivity contribution in [2.24, 2.45) is 0 Å². The van der Waals surface area contributed by atoms with Gasteiger partial charge in [-0.2, -0.15) is 0 Å². The summed E-state index contributed by atoms with van der Waals surface area (Å²) < 4.78 is 18.9. The molecule has 0 atom stereocenters. The number of ether oxygens (including phenoxy) is 1. The molecule has 4 aromatic rings. The highest BCUT2D eigenvalue weighted by molar-refractivity contribution is 7.13. The van der Waals surface area contributed by atoms with Crippen molar-refractivity contribution in [3.05, 3.63) is 71.6 Å². The van der Waals surface area contributed by atoms with Gasteiger partial charge >= 0.3 is 0 Å². The van der Waals surface area contributed by atoms with E-state index >= 15 is 0 Å². The number of aromatic nitrogens is 4. The first-order valence-electron chi connectivity index (χ1n) is 10.3. The highest BCUT2D eigenvalue weighted by atomic mass is 32.1. The molecule has 5 rings (SSSR count). The van der Waals surface area contributed by atoms with E-state index in [1.54, 1.807) is 29.8 Å². The highest BCUT2D eigenvalue weighted by Crippen LogP contribution is 2.33. The van der Waals surface area contributed by atoms with Crippen molar-refractivity contribution in [2.45, 2.75) is 6.54 Å². The number of nitrogens with one attached hydrogen (secondary N) is 1. The van der Waals surface area contributed by atoms with E-state index < -0.39 is 0 Å². The van der Waals surface area contributed by atoms with E-state index in [0.29, 0.717) is 31.7 Å². The Bertz CT molecular complexity index is 1200. The van der Waals surface area contributed by atoms with Gasteiger partial charge in [-0.15, -0.1) is 11.3 Å². The second kappa shape index (κ2) is 9.37. The number of benzene rings is 1. The van der Waals surface area contributed by atoms with Gasteiger partial charge in [0.15, 0.2) is 0 Å². The molecule has 0 bridgehead atoms. The summed E-state index contributed by atoms with van der Waals surface area (Å²) in [6, 6.07) is 12.4. The fraction of sp³-hybridized carbons (Fsp3) is 0.217. The predicted octanol–water partition coefficient (Wildman–Crippen LogP) is 4.25. The highest BCUT2D eigenvalue weighted by Gasteiger charge is 2.18. The standard InChI is InChI=1S/C23H21FN6OS/c24-17-4-1-3-16(13-17)14-26-22-27-15-18(21(29-22)20-5-2-12-32-20)19-6-7-25-23(28-19)30-8-10-31-11-9-30/h1-7,12-13,15H,8-11,14H2,(H,26,27,29). The molecule has 3 aromatic heterocycles. The molecule has 0 radical (unpaired) electrons. The van der Waals surface area contributed by atoms with E-state index in [0.717, 1.165) is 40.5 Å². The zero-order chi connectivity index (χ0) is 21.8. The summed E-state index contributed by atoms with van der Waals surface area (Å²) in [6.07, 6.45) is 3.54. The van der Waals surface area contributed by atoms with Gasteiger partial charge in [0.2, 0.25) is 11.9 Å². The molecule has 0 unspecified atom stereocenters. The summed E-state index contributed by atoms with van der Waals surface area (Å²) >= 11 is 1.60. The molecule has 0 aliphatic carbocycles. The first kappa shape index (κ1) is 20.5. The van der Waals surface area contributed by atoms with Gasteiger partial charge < -0.3 is 15.0 Å². The second-order valence-corrected chi connectivity index (χ2v) is 8.21. The molecule has 1 N–H and O–H groups in total. The van der Waals surface area contributed by atoms with E-state index in [2.05, 4.69) is 20.2 Å². The molecular weight excluding hydrogens is 427 g/mol. The third-order valence-electron chi connectivity index (χ3n) is 5.10. The van der Waals surface area contributed by atoms with Gasteiger partial charge in [0.05, 0.1) is 29.5 Å². The van der Waals surface area contributed by atoms with Gasteiger partial charge in [0, 0.05) is 37.6 Å². The molecule has 0 saturated carbocycles. The summed E-state index contributed by atoms with van der Waals surface area (Å²) in [5.74, 6) is 0.889. The largest absolute Gasteiger partial charge is 0.378 e. The van der Waals surface area contributed by atoms with Crippen LogP contribution < -0.4 is 10.2 Å². The van der Waals surface area contributed by atoms with Crippen LogP contribution in [0.3, 0.4) is 0 Å². The van der Waals surface area contributed by atoms with Crippen LogP contribution in [0.1, 0.15) is 5.56 Å². The molecule has 1 aromatic carbocycles. The predicted molar refractivity (Wildman–Crippen MR) is 123 cm³/mol. The lowest BCUT2D eigenvalue weighted by atomic mass is 10.1. The van der Waals surface area contributed by atoms with E-state index in [1.165, 1.54) is 12.1 Å². The van der Waals surface area contributed by atoms with Crippen LogP contribution in [-0.2, 0) is 11.3 Å². The molecular formula is C23H21FN6OS. The number of nitrogens with zero attached hydrogens (tertiary/aromatic N) is 5. The Balaban J connectivity index is 1.46. The minimum atomic E-state index is -0.264. The lowest BCUT2D eigenvalue weighted by Gasteiger charge is -2.26. The fourth-order valence-electron chi connectivity index (χ4n) is 3.50. The van der Waals surface area contributed by atoms with Crippen LogP contribution in [0.2, 0.25) is 0 Å². The van der Waals surface area contributed by atoms with Crippen molar-refractivity contribution < 1.29 is 9.13 Å². The molecule has 1 aliphatic rings. The Morgan fingerprint density at radius 3 is 2.78 bits per heavy atom. The third kappa shape index (κ3) is 4.58. The summed E-state index contributed by atoms with van der Waals surface area (Å²) in [6.45, 7) is 3.29. The van der Waals surface area contributed by atoms with Crippen LogP contribution in [0.25, 0.3) is 21.8 Å². The quantitative estimate of drug-likeness (QED) is 0.473. The Morgan fingerprint density at radius 2 is 1.97 bits per heavy atom. The zero-order valence-corrected chi connectivity index (χ0v) is 18.1. The monoisotopic (exact) mass is 448 g/mol. The molecule has 1 fully saturated rings. The summed E-state index contributed by atoms with van der Waals surface area (Å²) in [4.78, 5) is 21.6. The number of rotatable bonds is 6. The van der Waals surface area contributed by atoms with Crippen molar-refractivity contribution in [1.82, 2.24) is 19.9 Å². The van der Waals surface area contributed by atoms with E-state index in [9.17, 15) is 4.39 Å². The molecule has 1 aliphatic heterocycles. The maximum Gasteiger partial charge on any atom is 0.226 e. The molecule has 162 valence electrons. The van der Waals surface area contributed by atoms with Gasteiger partial charge in [-0.25, -0.2) is 24.3 Å². The van der Waals surface area contributed by atoms with Crippen LogP contribution in [0.4, 0.5) is 16.3 Å². The van der Waals surface area contributed by atoms with Gasteiger partial charge in [-0.05, 0) is 35.2 Å². The van der Waals surface area contributed by atoms with Gasteiger partial charge in [-0.1, -0.05) is 18.2 Å². The van der Waals surface area contributed by atoms with Crippen LogP contribution in [0.5, 0.6) is 0 Å². The summed E-state index contributed by atoms with van der Waals surface area (Å²) in [5, 5.41) is 5.21. The smallest absolute Gasteiger partial charge is 0.226 e. The minimum Gasteiger partial charge on any atom is -0.378 e. The van der Waals surface area contributed by atoms with E-state index in [4.69, 9.17) is 14.7 Å². The molecule has 9 heteroatoms. The van der Waals surface area contributed by atoms with Gasteiger partial charge in [0.1, 0.15) is 5.82 Å². The van der Waals surface area contributed by atoms with Crippen molar-refractivity contribution in [3.8, 4) is 21.8 Å². The zero-order valence-electron chi connectivity index (χ0n) is 17.2. The maximum absolute atomic E-state index is 13.5. The lowest BCUT2D eigenvalue weighted by molar-refractivity contribution is 0.122. The first-order chi connectivity index (χ1) is 15.8. The number of thiophene rings is 1. The SMILES string of the molecule is Fc1cccc(CNc2ncc(-c3ccnc(N4CCOCC4)n3)c(-c3cccs3)n2)c1. The average Bonchev–Trinajstić information content (AvgIpc) is 3.38. The van der Waals surface area contributed by atoms with Gasteiger partial charge in [-0.3, -0.25) is 0 Å². The molecule has 0 spiro atoms. The Labute approximate surface area is 189 Å². The minimum absolute atomic E-state index is 0.264. The lowest BCUT2D eigenvalue weighted by Crippen LogP contribution is -2.37. The van der Waals surface area contributed by atoms with Crippen molar-refractivity contribution in [3.63, 3.8) is 0 Å². The number of anilines is 2. The number of morpholine rings is 1. The van der Waals surface area contributed by atoms with Crippen molar-refractivity contribution in [2.75, 3.05) is 36.5 Å². The number of hydrogen-bond acceptors (Lipinski definition) is 8. The van der Waals surface area contributed by atoms with E-state index in [1.807, 2.05) is 29.6 Å². The molecule has 4 heterocycles. The second-order valence-electron chi connectivity index (χ2n) is 7.26. The Hall–Kier alpha value is -3.43. The van der Waals surface area contributed by atoms with Crippen LogP contribution in [0, 0.1) is 5.82 Å². The summed E-state index contributed by atoms with van der Waals surface area (Å²) in [7, 11) is 0. The molecule has 32 heavy (non-hydrogen) atoms. The molecule has 1 saturated heterocycles. The Morgan fingerprint density at radius 1 is 1.06 bits per heavy atom. The summed E-state index contributed by atoms with van der Waals surface area (Å²) in [5.41, 5.74) is 3.21. The van der Waals surface area contributed by atoms with Crippen LogP contribution in [-0.4, -0.2) is 46.2 Å². The van der Waals surface area contributed by atoms with Crippen LogP contribution >= 0.6 is 11.3 Å². The fourth-order valence-corrected chi connectivity index (χ4v) is 4.23. The average molecular weight is 449 g/mol. The van der Waals surface area contributed by atoms with Gasteiger partial charge in [0.25, 0.3) is 0 Å². The van der Waals surface area contributed by atoms with Crippen molar-refractivity contribution in [1.29, 1.82) is 0 Å². The first-order valence-corrected chi connectivity index (χ1v) is 11.2. The van der Waals surface area contributed by atoms with E-state index in [-0.39, 0.29) is 5.82 Å². The topological polar surface area (TPSA) is 76.1 Å². The number of hydrogen-bond donors (Lipinski definition) is 1. The molecule has 0 amide bonds. The third-order valence-corrected chi connectivity index (χ3v) is 5.97. The maximum atomic E-state index is 13.5. The Kier molecular flexibility index (Phi) is 6.00. The molecule has 7 nitrogen and oxygen atoms in total. The van der Waals surface area contributed by atoms with Crippen molar-refractivity contribution >= 4 is 23.2 Å². The van der Waals surface area contributed by atoms with Crippen LogP contribution in [0.15, 0.2) is 60.2 Å². The normalized spacial score (nSPS) is 13.8.